The van der Waals surface area contributed by atoms with Crippen molar-refractivity contribution in [1.82, 2.24) is 14.3 Å². The Morgan fingerprint density at radius 1 is 0.904 bits per heavy atom. The fourth-order valence-electron chi connectivity index (χ4n) is 12.5. The van der Waals surface area contributed by atoms with Crippen molar-refractivity contribution in [1.29, 1.82) is 0 Å². The molecule has 2 aromatic heterocycles. The second kappa shape index (κ2) is 23.6. The van der Waals surface area contributed by atoms with E-state index in [-0.39, 0.29) is 61.9 Å². The number of phenolic OH excluding ortho intramolecular Hbond substituents is 3. The van der Waals surface area contributed by atoms with Crippen molar-refractivity contribution < 1.29 is 73.2 Å². The molecule has 0 spiro atoms. The van der Waals surface area contributed by atoms with E-state index in [9.17, 15) is 54.6 Å². The number of phenols is 3. The maximum Gasteiger partial charge on any atom is 0.341 e. The van der Waals surface area contributed by atoms with Crippen molar-refractivity contribution in [3.63, 3.8) is 0 Å². The highest BCUT2D eigenvalue weighted by atomic mass is 19.1. The molecule has 1 aliphatic carbocycles. The van der Waals surface area contributed by atoms with Crippen molar-refractivity contribution >= 4 is 57.5 Å². The number of ketones is 1. The standard InChI is InChI=1S/C61H75FN6O15/c1-29-12-11-13-30(2)58(76)64-47-41(25-63-67-21-19-65(20-22-67)26-37-16-18-66(27-37)49-32(4)48-39(38-14-15-38)24-40(60(78)79)59(77)68(48)28-42(49)62)53(73)44-45(54(47)74)52(72)35(7)56-46(44)57(75)61(9,83-56)81-23-17-43(80-10)31(3)55(82-36(8)69)34(6)51(71)33(5)50(29)70/h11-13,17,23-25,28-29,31,33-34,37-38,43,50-51,55,70-74H,14-16,18-22,26-27H2,1-10H3,(H,64,76)(H,78,79)/b12-11+,23-17+,30-13-,63-25+/t29-,31?,33+,34+,37?,43-,50-,51+,55+,61-/m0/s1. The average Bonchev–Trinajstić information content (AvgIpc) is 2.51. The number of carbonyl (C=O) groups is 4. The third kappa shape index (κ3) is 11.4. The fourth-order valence-corrected chi connectivity index (χ4v) is 12.5. The van der Waals surface area contributed by atoms with Gasteiger partial charge in [-0.25, -0.2) is 9.18 Å². The Morgan fingerprint density at radius 2 is 1.60 bits per heavy atom. The SMILES string of the molecule is CO[C@H]1/C=C/O[C@@]2(C)Oc3c(C)c(O)c4c(O)c(c(/C=N/N5CCN(CC6CCN(c7c(F)cn8c(=O)c(C(=O)O)cc(C9CC9)c8c7C)C6)CC5)c(O)c4c3C2=O)NC(=O)/C(C)=C\C=C\[C@H](C)[C@H](O)[C@@H](C)[C@@H](O)[C@@H](C)[C@H](OC(C)=O)C1C. The van der Waals surface area contributed by atoms with E-state index in [0.29, 0.717) is 62.6 Å². The molecule has 22 heteroatoms. The Balaban J connectivity index is 1.00. The van der Waals surface area contributed by atoms with Crippen molar-refractivity contribution in [2.24, 2.45) is 34.7 Å². The van der Waals surface area contributed by atoms with Gasteiger partial charge in [-0.05, 0) is 75.1 Å². The van der Waals surface area contributed by atoms with Crippen LogP contribution in [0.5, 0.6) is 23.0 Å². The van der Waals surface area contributed by atoms with Gasteiger partial charge in [0.1, 0.15) is 28.9 Å². The van der Waals surface area contributed by atoms with Gasteiger partial charge in [-0.2, -0.15) is 5.10 Å². The van der Waals surface area contributed by atoms with Crippen LogP contribution in [0.4, 0.5) is 15.8 Å². The number of hydrazone groups is 1. The molecule has 6 aliphatic rings. The summed E-state index contributed by atoms with van der Waals surface area (Å²) >= 11 is 0. The monoisotopic (exact) mass is 1150 g/mol. The summed E-state index contributed by atoms with van der Waals surface area (Å²) in [6.45, 7) is 18.0. The lowest BCUT2D eigenvalue weighted by molar-refractivity contribution is -0.160. The smallest absolute Gasteiger partial charge is 0.341 e. The molecular formula is C61H75FN6O15. The number of hydrogen-bond acceptors (Lipinski definition) is 18. The number of hydrogen-bond donors (Lipinski definition) is 7. The number of amides is 1. The molecule has 3 fully saturated rings. The average molecular weight is 1150 g/mol. The topological polar surface area (TPSA) is 282 Å². The minimum atomic E-state index is -2.11. The Hall–Kier alpha value is -7.53. The number of piperazine rings is 1. The van der Waals surface area contributed by atoms with Crippen molar-refractivity contribution in [2.45, 2.75) is 118 Å². The number of carboxylic acids is 1. The second-order valence-electron chi connectivity index (χ2n) is 23.3. The van der Waals surface area contributed by atoms with Crippen LogP contribution in [-0.2, 0) is 23.8 Å². The summed E-state index contributed by atoms with van der Waals surface area (Å²) in [6.07, 6.45) is 8.19. The summed E-state index contributed by atoms with van der Waals surface area (Å²) in [5.41, 5.74) is 0.525. The lowest BCUT2D eigenvalue weighted by Gasteiger charge is -2.38. The van der Waals surface area contributed by atoms with Crippen LogP contribution in [-0.4, -0.2) is 158 Å². The van der Waals surface area contributed by atoms with Crippen molar-refractivity contribution in [2.75, 3.05) is 63.1 Å². The molecule has 4 aromatic rings. The summed E-state index contributed by atoms with van der Waals surface area (Å²) in [4.78, 5) is 70.8. The van der Waals surface area contributed by atoms with Crippen LogP contribution in [0.15, 0.2) is 58.3 Å². The summed E-state index contributed by atoms with van der Waals surface area (Å²) in [5, 5.41) is 77.9. The third-order valence-electron chi connectivity index (χ3n) is 17.5. The second-order valence-corrected chi connectivity index (χ2v) is 23.3. The van der Waals surface area contributed by atoms with E-state index in [1.807, 2.05) is 4.90 Å². The highest BCUT2D eigenvalue weighted by molar-refractivity contribution is 6.24. The number of aromatic carboxylic acids is 1. The minimum absolute atomic E-state index is 0.0141. The number of nitrogens with one attached hydrogen (secondary N) is 1. The van der Waals surface area contributed by atoms with Crippen LogP contribution in [0.1, 0.15) is 117 Å². The minimum Gasteiger partial charge on any atom is -0.507 e. The zero-order valence-corrected chi connectivity index (χ0v) is 48.4. The van der Waals surface area contributed by atoms with Gasteiger partial charge in [0.15, 0.2) is 11.6 Å². The highest BCUT2D eigenvalue weighted by Crippen LogP contribution is 2.55. The highest BCUT2D eigenvalue weighted by Gasteiger charge is 2.50. The van der Waals surface area contributed by atoms with Gasteiger partial charge in [0, 0.05) is 107 Å². The van der Waals surface area contributed by atoms with Gasteiger partial charge in [-0.15, -0.1) is 0 Å². The molecule has 10 rings (SSSR count). The lowest BCUT2D eigenvalue weighted by Crippen LogP contribution is -2.46. The van der Waals surface area contributed by atoms with Crippen LogP contribution >= 0.6 is 0 Å². The van der Waals surface area contributed by atoms with Crippen LogP contribution in [0, 0.1) is 49.3 Å². The molecule has 2 aromatic carbocycles. The van der Waals surface area contributed by atoms with Crippen LogP contribution in [0.2, 0.25) is 0 Å². The van der Waals surface area contributed by atoms with E-state index < -0.39 is 106 Å². The number of aliphatic hydroxyl groups is 2. The maximum atomic E-state index is 16.1. The van der Waals surface area contributed by atoms with Crippen LogP contribution in [0.3, 0.4) is 0 Å². The number of benzene rings is 2. The number of Topliss-reactive ketones (excluding diaryl/α,β-unsaturated/α-hetero) is 1. The molecule has 1 amide bonds. The number of aliphatic hydroxyl groups excluding tert-OH is 2. The van der Waals surface area contributed by atoms with E-state index in [2.05, 4.69) is 10.2 Å². The zero-order chi connectivity index (χ0) is 60.3. The number of esters is 1. The number of rotatable bonds is 9. The Morgan fingerprint density at radius 3 is 2.25 bits per heavy atom. The molecule has 0 radical (unpaired) electrons. The zero-order valence-electron chi connectivity index (χ0n) is 48.4. The first kappa shape index (κ1) is 60.1. The van der Waals surface area contributed by atoms with Gasteiger partial charge < -0.3 is 59.8 Å². The predicted molar refractivity (Wildman–Crippen MR) is 307 cm³/mol. The molecular weight excluding hydrogens is 1080 g/mol. The molecule has 5 aliphatic heterocycles. The molecule has 10 atom stereocenters. The predicted octanol–water partition coefficient (Wildman–Crippen LogP) is 6.87. The first-order chi connectivity index (χ1) is 39.3. The van der Waals surface area contributed by atoms with E-state index >= 15 is 4.39 Å². The van der Waals surface area contributed by atoms with E-state index in [1.54, 1.807) is 51.8 Å². The van der Waals surface area contributed by atoms with Gasteiger partial charge in [0.2, 0.25) is 0 Å². The van der Waals surface area contributed by atoms with E-state index in [0.717, 1.165) is 35.4 Å². The number of carbonyl (C=O) groups excluding carboxylic acids is 3. The quantitative estimate of drug-likeness (QED) is 0.0390. The number of aromatic nitrogens is 1. The number of methoxy groups -OCH3 is 1. The molecule has 1 saturated carbocycles. The summed E-state index contributed by atoms with van der Waals surface area (Å²) in [5.74, 6) is -10.6. The Bertz CT molecular complexity index is 3460. The summed E-state index contributed by atoms with van der Waals surface area (Å²) < 4.78 is 41.1. The molecule has 2 unspecified atom stereocenters. The van der Waals surface area contributed by atoms with Gasteiger partial charge in [-0.3, -0.25) is 33.5 Å². The van der Waals surface area contributed by atoms with Gasteiger partial charge >= 0.3 is 17.7 Å². The molecule has 7 heterocycles. The van der Waals surface area contributed by atoms with E-state index in [4.69, 9.17) is 24.0 Å². The van der Waals surface area contributed by atoms with Crippen molar-refractivity contribution in [3.05, 3.63) is 98.0 Å². The molecule has 5 bridgehead atoms. The number of fused-ring (bicyclic) bond motifs is 15. The summed E-state index contributed by atoms with van der Waals surface area (Å²) in [7, 11) is 1.42. The first-order valence-corrected chi connectivity index (χ1v) is 28.2. The lowest BCUT2D eigenvalue weighted by atomic mass is 9.78. The van der Waals surface area contributed by atoms with Gasteiger partial charge in [0.25, 0.3) is 17.2 Å². The molecule has 2 saturated heterocycles. The normalized spacial score (nSPS) is 29.0. The fraction of sp³-hybridized carbons (Fsp3) is 0.508. The number of anilines is 2. The van der Waals surface area contributed by atoms with E-state index in [1.165, 1.54) is 65.5 Å². The van der Waals surface area contributed by atoms with Crippen molar-refractivity contribution in [3.8, 4) is 23.0 Å². The maximum absolute atomic E-state index is 16.1. The largest absolute Gasteiger partial charge is 0.507 e. The van der Waals surface area contributed by atoms with Crippen LogP contribution in [0.25, 0.3) is 16.3 Å². The molecule has 83 heavy (non-hydrogen) atoms. The number of aryl methyl sites for hydroxylation is 1. The number of pyridine rings is 2. The number of carboxylic acid groups (broad SMARTS) is 1. The number of halogens is 1. The number of aromatic hydroxyl groups is 3. The van der Waals surface area contributed by atoms with Gasteiger partial charge in [0.05, 0.1) is 70.4 Å². The number of allylic oxidation sites excluding steroid dienone is 2. The number of nitrogens with zero attached hydrogens (tertiary/aromatic N) is 5. The Kier molecular flexibility index (Phi) is 17.1. The number of ether oxygens (including phenoxy) is 4. The van der Waals surface area contributed by atoms with Gasteiger partial charge in [-0.1, -0.05) is 45.9 Å². The molecule has 21 nitrogen and oxygen atoms in total. The molecule has 7 N–H and O–H groups in total. The summed E-state index contributed by atoms with van der Waals surface area (Å²) in [6, 6.07) is 1.45. The Labute approximate surface area is 479 Å². The first-order valence-electron chi connectivity index (χ1n) is 28.2. The molecule has 446 valence electrons. The van der Waals surface area contributed by atoms with Crippen LogP contribution < -0.4 is 20.5 Å². The third-order valence-corrected chi connectivity index (χ3v) is 17.5.